The molecule has 0 fully saturated rings. The summed E-state index contributed by atoms with van der Waals surface area (Å²) in [5.74, 6) is 1.77. The molecule has 1 aliphatic heterocycles. The van der Waals surface area contributed by atoms with E-state index in [-0.39, 0.29) is 0 Å². The zero-order valence-corrected chi connectivity index (χ0v) is 12.4. The number of rotatable bonds is 2. The summed E-state index contributed by atoms with van der Waals surface area (Å²) < 4.78 is 2.39. The van der Waals surface area contributed by atoms with Crippen molar-refractivity contribution in [2.75, 3.05) is 10.6 Å². The molecule has 2 aromatic carbocycles. The topological polar surface area (TPSA) is 29.0 Å². The molecule has 3 aromatic rings. The molecule has 0 spiro atoms. The van der Waals surface area contributed by atoms with Gasteiger partial charge in [0.25, 0.3) is 0 Å². The van der Waals surface area contributed by atoms with Gasteiger partial charge in [-0.15, -0.1) is 0 Å². The van der Waals surface area contributed by atoms with Crippen LogP contribution in [0.4, 0.5) is 22.9 Å². The average Bonchev–Trinajstić information content (AvgIpc) is 2.79. The van der Waals surface area contributed by atoms with Crippen LogP contribution in [0.25, 0.3) is 10.9 Å². The van der Waals surface area contributed by atoms with Crippen LogP contribution in [0, 0.1) is 5.92 Å². The Bertz CT molecular complexity index is 814. The summed E-state index contributed by atoms with van der Waals surface area (Å²) in [5.41, 5.74) is 4.74. The quantitative estimate of drug-likeness (QED) is 0.534. The molecule has 2 heterocycles. The molecule has 4 rings (SSSR count). The first-order valence-electron chi connectivity index (χ1n) is 7.48. The van der Waals surface area contributed by atoms with Gasteiger partial charge in [0.15, 0.2) is 0 Å². The van der Waals surface area contributed by atoms with E-state index in [0.717, 1.165) is 17.9 Å². The number of hydrogen-bond donors (Lipinski definition) is 2. The van der Waals surface area contributed by atoms with Gasteiger partial charge in [-0.25, -0.2) is 0 Å². The molecule has 0 atom stereocenters. The third-order valence-electron chi connectivity index (χ3n) is 3.96. The summed E-state index contributed by atoms with van der Waals surface area (Å²) in [7, 11) is 0. The predicted molar refractivity (Wildman–Crippen MR) is 89.8 cm³/mol. The second kappa shape index (κ2) is 4.55. The van der Waals surface area contributed by atoms with E-state index in [9.17, 15) is 0 Å². The van der Waals surface area contributed by atoms with Crippen LogP contribution in [0.15, 0.2) is 48.5 Å². The van der Waals surface area contributed by atoms with Crippen molar-refractivity contribution in [3.8, 4) is 0 Å². The summed E-state index contributed by atoms with van der Waals surface area (Å²) in [5, 5.41) is 8.47. The van der Waals surface area contributed by atoms with Crippen LogP contribution in [-0.4, -0.2) is 4.57 Å². The van der Waals surface area contributed by atoms with E-state index in [2.05, 4.69) is 77.6 Å². The Balaban J connectivity index is 1.95. The van der Waals surface area contributed by atoms with Gasteiger partial charge in [-0.3, -0.25) is 0 Å². The standard InChI is InChI=1S/C18H19N3/c1-12(2)11-21-16-10-6-3-7-13(16)17-18(21)20-15-9-5-4-8-14(15)19-17/h3-10,12,19-20H,11H2,1-2H3. The Morgan fingerprint density at radius 2 is 1.57 bits per heavy atom. The van der Waals surface area contributed by atoms with E-state index in [1.165, 1.54) is 22.4 Å². The third kappa shape index (κ3) is 1.88. The molecule has 1 aromatic heterocycles. The molecular weight excluding hydrogens is 258 g/mol. The Morgan fingerprint density at radius 1 is 0.905 bits per heavy atom. The molecule has 106 valence electrons. The van der Waals surface area contributed by atoms with Gasteiger partial charge in [0.05, 0.1) is 22.6 Å². The first-order chi connectivity index (χ1) is 10.2. The van der Waals surface area contributed by atoms with Crippen molar-refractivity contribution in [1.29, 1.82) is 0 Å². The van der Waals surface area contributed by atoms with Crippen LogP contribution in [0.2, 0.25) is 0 Å². The summed E-state index contributed by atoms with van der Waals surface area (Å²) in [6.45, 7) is 5.52. The van der Waals surface area contributed by atoms with E-state index >= 15 is 0 Å². The molecule has 0 saturated carbocycles. The largest absolute Gasteiger partial charge is 0.350 e. The van der Waals surface area contributed by atoms with E-state index < -0.39 is 0 Å². The number of aromatic nitrogens is 1. The van der Waals surface area contributed by atoms with Gasteiger partial charge in [0, 0.05) is 11.9 Å². The molecule has 0 aliphatic carbocycles. The first kappa shape index (κ1) is 12.3. The smallest absolute Gasteiger partial charge is 0.135 e. The second-order valence-corrected chi connectivity index (χ2v) is 6.04. The van der Waals surface area contributed by atoms with E-state index in [1.807, 2.05) is 0 Å². The Morgan fingerprint density at radius 3 is 2.33 bits per heavy atom. The van der Waals surface area contributed by atoms with Gasteiger partial charge >= 0.3 is 0 Å². The van der Waals surface area contributed by atoms with Crippen molar-refractivity contribution in [2.45, 2.75) is 20.4 Å². The molecule has 21 heavy (non-hydrogen) atoms. The van der Waals surface area contributed by atoms with Crippen molar-refractivity contribution < 1.29 is 0 Å². The van der Waals surface area contributed by atoms with Gasteiger partial charge < -0.3 is 15.2 Å². The molecule has 2 N–H and O–H groups in total. The first-order valence-corrected chi connectivity index (χ1v) is 7.48. The molecule has 3 heteroatoms. The summed E-state index contributed by atoms with van der Waals surface area (Å²) in [4.78, 5) is 0. The number of benzene rings is 2. The monoisotopic (exact) mass is 277 g/mol. The van der Waals surface area contributed by atoms with Gasteiger partial charge in [-0.2, -0.15) is 0 Å². The van der Waals surface area contributed by atoms with Crippen LogP contribution in [0.1, 0.15) is 13.8 Å². The highest BCUT2D eigenvalue weighted by Crippen LogP contribution is 2.44. The number of anilines is 4. The van der Waals surface area contributed by atoms with Crippen molar-refractivity contribution >= 4 is 33.8 Å². The lowest BCUT2D eigenvalue weighted by molar-refractivity contribution is 0.539. The van der Waals surface area contributed by atoms with Crippen LogP contribution < -0.4 is 10.6 Å². The fraction of sp³-hybridized carbons (Fsp3) is 0.222. The normalized spacial score (nSPS) is 12.7. The lowest BCUT2D eigenvalue weighted by Gasteiger charge is -2.23. The fourth-order valence-electron chi connectivity index (χ4n) is 3.08. The minimum Gasteiger partial charge on any atom is -0.350 e. The van der Waals surface area contributed by atoms with Gasteiger partial charge in [-0.1, -0.05) is 44.2 Å². The van der Waals surface area contributed by atoms with Crippen molar-refractivity contribution in [2.24, 2.45) is 5.92 Å². The third-order valence-corrected chi connectivity index (χ3v) is 3.96. The second-order valence-electron chi connectivity index (χ2n) is 6.04. The molecule has 0 radical (unpaired) electrons. The minimum absolute atomic E-state index is 0.601. The number of nitrogens with zero attached hydrogens (tertiary/aromatic N) is 1. The molecule has 0 bridgehead atoms. The number of hydrogen-bond acceptors (Lipinski definition) is 2. The van der Waals surface area contributed by atoms with Crippen molar-refractivity contribution in [1.82, 2.24) is 4.57 Å². The summed E-state index contributed by atoms with van der Waals surface area (Å²) in [6, 6.07) is 16.9. The highest BCUT2D eigenvalue weighted by molar-refractivity contribution is 6.06. The van der Waals surface area contributed by atoms with E-state index in [0.29, 0.717) is 5.92 Å². The van der Waals surface area contributed by atoms with Gasteiger partial charge in [0.2, 0.25) is 0 Å². The fourth-order valence-corrected chi connectivity index (χ4v) is 3.08. The minimum atomic E-state index is 0.601. The maximum Gasteiger partial charge on any atom is 0.135 e. The zero-order valence-electron chi connectivity index (χ0n) is 12.4. The van der Waals surface area contributed by atoms with Crippen LogP contribution in [0.3, 0.4) is 0 Å². The summed E-state index contributed by atoms with van der Waals surface area (Å²) >= 11 is 0. The van der Waals surface area contributed by atoms with Gasteiger partial charge in [0.1, 0.15) is 5.82 Å². The lowest BCUT2D eigenvalue weighted by atomic mass is 10.2. The number of nitrogens with one attached hydrogen (secondary N) is 2. The Hall–Kier alpha value is -2.42. The molecule has 1 aliphatic rings. The lowest BCUT2D eigenvalue weighted by Crippen LogP contribution is -2.11. The van der Waals surface area contributed by atoms with Gasteiger partial charge in [-0.05, 0) is 24.1 Å². The molecule has 0 amide bonds. The SMILES string of the molecule is CC(C)Cn1c2c(c3ccccc31)Nc1ccccc1N2. The van der Waals surface area contributed by atoms with E-state index in [4.69, 9.17) is 0 Å². The highest BCUT2D eigenvalue weighted by Gasteiger charge is 2.22. The van der Waals surface area contributed by atoms with Crippen molar-refractivity contribution in [3.63, 3.8) is 0 Å². The van der Waals surface area contributed by atoms with Crippen molar-refractivity contribution in [3.05, 3.63) is 48.5 Å². The van der Waals surface area contributed by atoms with E-state index in [1.54, 1.807) is 0 Å². The van der Waals surface area contributed by atoms with Crippen LogP contribution >= 0.6 is 0 Å². The maximum atomic E-state index is 3.60. The molecular formula is C18H19N3. The molecule has 0 saturated heterocycles. The number of fused-ring (bicyclic) bond motifs is 4. The highest BCUT2D eigenvalue weighted by atomic mass is 15.2. The Labute approximate surface area is 124 Å². The molecule has 3 nitrogen and oxygen atoms in total. The number of para-hydroxylation sites is 3. The van der Waals surface area contributed by atoms with Crippen LogP contribution in [0.5, 0.6) is 0 Å². The average molecular weight is 277 g/mol. The maximum absolute atomic E-state index is 3.60. The summed E-state index contributed by atoms with van der Waals surface area (Å²) in [6.07, 6.45) is 0. The Kier molecular flexibility index (Phi) is 2.67. The van der Waals surface area contributed by atoms with Crippen LogP contribution in [-0.2, 0) is 6.54 Å². The predicted octanol–water partition coefficient (Wildman–Crippen LogP) is 5.10. The zero-order chi connectivity index (χ0) is 14.4. The molecule has 0 unspecified atom stereocenters.